The van der Waals surface area contributed by atoms with Gasteiger partial charge >= 0.3 is 0 Å². The molecule has 0 spiro atoms. The number of hydrogen-bond acceptors (Lipinski definition) is 9. The molecule has 2 aliphatic heterocycles. The first-order valence-electron chi connectivity index (χ1n) is 18.4. The number of fused-ring (bicyclic) bond motifs is 3. The highest BCUT2D eigenvalue weighted by Crippen LogP contribution is 2.44. The zero-order valence-corrected chi connectivity index (χ0v) is 31.1. The van der Waals surface area contributed by atoms with Crippen LogP contribution in [-0.2, 0) is 14.4 Å². The number of methoxy groups -OCH3 is 1. The maximum absolute atomic E-state index is 14.6. The largest absolute Gasteiger partial charge is 0.496 e. The molecule has 0 unspecified atom stereocenters. The normalized spacial score (nSPS) is 25.8. The molecule has 2 amide bonds. The summed E-state index contributed by atoms with van der Waals surface area (Å²) in [6, 6.07) is 14.1. The average Bonchev–Trinajstić information content (AvgIpc) is 3.44. The number of allylic oxidation sites excluding steroid dienone is 1. The molecule has 1 aliphatic carbocycles. The number of carbonyl (C=O) groups is 3. The van der Waals surface area contributed by atoms with Crippen molar-refractivity contribution in [3.05, 3.63) is 77.3 Å². The summed E-state index contributed by atoms with van der Waals surface area (Å²) < 4.78 is 12.5. The Morgan fingerprint density at radius 1 is 1.08 bits per heavy atom. The number of aromatic nitrogens is 2. The van der Waals surface area contributed by atoms with E-state index in [-0.39, 0.29) is 36.6 Å². The molecule has 11 heteroatoms. The third-order valence-corrected chi connectivity index (χ3v) is 11.5. The summed E-state index contributed by atoms with van der Waals surface area (Å²) in [7, 11) is 1.64. The van der Waals surface area contributed by atoms with Gasteiger partial charge < -0.3 is 29.8 Å². The van der Waals surface area contributed by atoms with Crippen LogP contribution in [0.25, 0.3) is 21.6 Å². The SMILES string of the molecule is COc1ccc2c(O[C@@H]3C[C@H]4C(=O)N[C@]5(C=O)C[C@H]5/C=C\CCCCC[C@H](Nc5ccccc5)C(=O)N4C3)cc(-c3nc(C(C)C)cs3)nc2c1C. The fourth-order valence-corrected chi connectivity index (χ4v) is 8.38. The van der Waals surface area contributed by atoms with Crippen LogP contribution >= 0.6 is 11.3 Å². The third-order valence-electron chi connectivity index (χ3n) is 10.6. The van der Waals surface area contributed by atoms with E-state index < -0.39 is 23.7 Å². The Morgan fingerprint density at radius 3 is 2.65 bits per heavy atom. The fourth-order valence-electron chi connectivity index (χ4n) is 7.44. The Morgan fingerprint density at radius 2 is 1.90 bits per heavy atom. The number of carbonyl (C=O) groups excluding carboxylic acids is 3. The number of anilines is 1. The smallest absolute Gasteiger partial charge is 0.245 e. The first-order valence-corrected chi connectivity index (χ1v) is 19.3. The fraction of sp³-hybridized carbons (Fsp3) is 0.439. The minimum absolute atomic E-state index is 0.0481. The topological polar surface area (TPSA) is 123 Å². The van der Waals surface area contributed by atoms with Crippen LogP contribution in [0.1, 0.15) is 76.0 Å². The molecule has 1 saturated heterocycles. The van der Waals surface area contributed by atoms with Crippen LogP contribution in [-0.4, -0.2) is 70.3 Å². The number of nitrogens with one attached hydrogen (secondary N) is 2. The van der Waals surface area contributed by atoms with E-state index in [0.29, 0.717) is 30.0 Å². The van der Waals surface area contributed by atoms with Crippen molar-refractivity contribution in [2.75, 3.05) is 19.0 Å². The van der Waals surface area contributed by atoms with E-state index in [4.69, 9.17) is 19.4 Å². The molecule has 4 heterocycles. The monoisotopic (exact) mass is 721 g/mol. The molecular formula is C41H47N5O5S. The third kappa shape index (κ3) is 7.28. The molecule has 4 aromatic rings. The maximum Gasteiger partial charge on any atom is 0.245 e. The molecule has 52 heavy (non-hydrogen) atoms. The Bertz CT molecular complexity index is 1980. The summed E-state index contributed by atoms with van der Waals surface area (Å²) in [5.74, 6) is 1.06. The van der Waals surface area contributed by atoms with Gasteiger partial charge in [-0.05, 0) is 62.8 Å². The van der Waals surface area contributed by atoms with E-state index in [1.807, 2.05) is 55.5 Å². The first kappa shape index (κ1) is 35.6. The van der Waals surface area contributed by atoms with Crippen molar-refractivity contribution in [2.24, 2.45) is 5.92 Å². The number of aldehydes is 1. The van der Waals surface area contributed by atoms with Crippen molar-refractivity contribution in [3.8, 4) is 22.2 Å². The van der Waals surface area contributed by atoms with Gasteiger partial charge in [0.1, 0.15) is 52.2 Å². The number of benzene rings is 2. The summed E-state index contributed by atoms with van der Waals surface area (Å²) >= 11 is 1.54. The average molecular weight is 722 g/mol. The maximum atomic E-state index is 14.6. The second-order valence-electron chi connectivity index (χ2n) is 14.6. The van der Waals surface area contributed by atoms with Gasteiger partial charge in [0.25, 0.3) is 0 Å². The summed E-state index contributed by atoms with van der Waals surface area (Å²) in [6.07, 6.45) is 9.72. The molecule has 2 aromatic carbocycles. The lowest BCUT2D eigenvalue weighted by Gasteiger charge is -2.29. The Balaban J connectivity index is 1.24. The van der Waals surface area contributed by atoms with Gasteiger partial charge in [0.15, 0.2) is 0 Å². The van der Waals surface area contributed by atoms with Gasteiger partial charge in [-0.2, -0.15) is 0 Å². The molecule has 272 valence electrons. The van der Waals surface area contributed by atoms with Gasteiger partial charge in [0.2, 0.25) is 11.8 Å². The molecular weight excluding hydrogens is 675 g/mol. The Hall–Kier alpha value is -4.77. The van der Waals surface area contributed by atoms with Crippen LogP contribution in [0.3, 0.4) is 0 Å². The minimum Gasteiger partial charge on any atom is -0.496 e. The molecule has 2 aromatic heterocycles. The van der Waals surface area contributed by atoms with Gasteiger partial charge in [-0.3, -0.25) is 9.59 Å². The van der Waals surface area contributed by atoms with Crippen LogP contribution in [0.2, 0.25) is 0 Å². The second-order valence-corrected chi connectivity index (χ2v) is 15.5. The van der Waals surface area contributed by atoms with Crippen molar-refractivity contribution in [1.82, 2.24) is 20.2 Å². The highest BCUT2D eigenvalue weighted by molar-refractivity contribution is 7.13. The number of hydrogen-bond donors (Lipinski definition) is 2. The van der Waals surface area contributed by atoms with Crippen molar-refractivity contribution in [1.29, 1.82) is 0 Å². The van der Waals surface area contributed by atoms with Crippen LogP contribution in [0.4, 0.5) is 5.69 Å². The van der Waals surface area contributed by atoms with Crippen molar-refractivity contribution in [3.63, 3.8) is 0 Å². The molecule has 10 nitrogen and oxygen atoms in total. The van der Waals surface area contributed by atoms with Crippen molar-refractivity contribution >= 4 is 46.0 Å². The van der Waals surface area contributed by atoms with E-state index in [1.165, 1.54) is 0 Å². The first-order chi connectivity index (χ1) is 25.2. The van der Waals surface area contributed by atoms with Crippen LogP contribution < -0.4 is 20.1 Å². The predicted molar refractivity (Wildman–Crippen MR) is 204 cm³/mol. The highest BCUT2D eigenvalue weighted by atomic mass is 32.1. The molecule has 1 saturated carbocycles. The lowest BCUT2D eigenvalue weighted by molar-refractivity contribution is -0.139. The number of thiazole rings is 1. The van der Waals surface area contributed by atoms with Crippen molar-refractivity contribution in [2.45, 2.75) is 95.4 Å². The minimum atomic E-state index is -0.946. The van der Waals surface area contributed by atoms with Gasteiger partial charge in [-0.1, -0.05) is 57.0 Å². The summed E-state index contributed by atoms with van der Waals surface area (Å²) in [4.78, 5) is 52.7. The van der Waals surface area contributed by atoms with Crippen LogP contribution in [0, 0.1) is 12.8 Å². The number of para-hydroxylation sites is 1. The number of nitrogens with zero attached hydrogens (tertiary/aromatic N) is 3. The van der Waals surface area contributed by atoms with Crippen LogP contribution in [0.15, 0.2) is 66.1 Å². The van der Waals surface area contributed by atoms with Gasteiger partial charge in [0.05, 0.1) is 24.9 Å². The van der Waals surface area contributed by atoms with Crippen molar-refractivity contribution < 1.29 is 23.9 Å². The Kier molecular flexibility index (Phi) is 10.3. The van der Waals surface area contributed by atoms with Crippen LogP contribution in [0.5, 0.6) is 11.5 Å². The number of amides is 2. The zero-order chi connectivity index (χ0) is 36.4. The highest BCUT2D eigenvalue weighted by Gasteiger charge is 2.56. The molecule has 0 radical (unpaired) electrons. The summed E-state index contributed by atoms with van der Waals surface area (Å²) in [5.41, 5.74) is 3.20. The molecule has 3 aliphatic rings. The Labute approximate surface area is 309 Å². The summed E-state index contributed by atoms with van der Waals surface area (Å²) in [6.45, 7) is 6.41. The number of pyridine rings is 1. The van der Waals surface area contributed by atoms with E-state index >= 15 is 0 Å². The molecule has 7 rings (SSSR count). The molecule has 2 N–H and O–H groups in total. The van der Waals surface area contributed by atoms with Gasteiger partial charge in [-0.25, -0.2) is 9.97 Å². The predicted octanol–water partition coefficient (Wildman–Crippen LogP) is 7.22. The quantitative estimate of drug-likeness (QED) is 0.145. The van der Waals surface area contributed by atoms with E-state index in [1.54, 1.807) is 23.3 Å². The number of aryl methyl sites for hydroxylation is 1. The van der Waals surface area contributed by atoms with E-state index in [9.17, 15) is 14.4 Å². The van der Waals surface area contributed by atoms with Gasteiger partial charge in [-0.15, -0.1) is 11.3 Å². The standard InChI is InChI=1S/C41H47N5O5S/c1-25(2)33-23-52-39(44-33)32-20-36(30-17-18-35(50-4)26(3)37(30)43-32)51-29-19-34-38(48)45-41(24-47)21-27(41)13-9-6-5-7-12-16-31(40(49)46(34)22-29)42-28-14-10-8-11-15-28/h8-11,13-15,17-18,20,23-25,27,29,31,34,42H,5-7,12,16,19,21-22H2,1-4H3,(H,45,48)/b13-9-/t27-,29-,31+,34+,41+/m1/s1. The molecule has 2 fully saturated rings. The molecule has 5 atom stereocenters. The number of rotatable bonds is 8. The second kappa shape index (κ2) is 15.1. The van der Waals surface area contributed by atoms with E-state index in [0.717, 1.165) is 64.8 Å². The number of ether oxygens (including phenoxy) is 2. The zero-order valence-electron chi connectivity index (χ0n) is 30.3. The van der Waals surface area contributed by atoms with E-state index in [2.05, 4.69) is 42.0 Å². The van der Waals surface area contributed by atoms with Gasteiger partial charge in [0, 0.05) is 40.4 Å². The molecule has 0 bridgehead atoms. The lowest BCUT2D eigenvalue weighted by Crippen LogP contribution is -2.53. The lowest BCUT2D eigenvalue weighted by atomic mass is 10.0. The summed E-state index contributed by atoms with van der Waals surface area (Å²) in [5, 5.41) is 10.2.